The molecule has 0 N–H and O–H groups in total. The van der Waals surface area contributed by atoms with Crippen molar-refractivity contribution >= 4 is 0 Å². The molecule has 0 rings (SSSR count). The predicted molar refractivity (Wildman–Crippen MR) is 28.0 cm³/mol. The molecule has 0 aliphatic rings. The van der Waals surface area contributed by atoms with Crippen molar-refractivity contribution in [2.45, 2.75) is 30.7 Å². The van der Waals surface area contributed by atoms with E-state index in [0.29, 0.717) is 0 Å². The summed E-state index contributed by atoms with van der Waals surface area (Å²) in [5, 5.41) is 0. The quantitative estimate of drug-likeness (QED) is 0.719. The molecule has 0 aliphatic heterocycles. The van der Waals surface area contributed by atoms with Crippen molar-refractivity contribution in [2.75, 3.05) is 0 Å². The third-order valence-corrected chi connectivity index (χ3v) is 1.27. The van der Waals surface area contributed by atoms with Crippen molar-refractivity contribution in [3.8, 4) is 0 Å². The van der Waals surface area contributed by atoms with E-state index in [4.69, 9.17) is 0 Å². The van der Waals surface area contributed by atoms with Gasteiger partial charge < -0.3 is 0 Å². The summed E-state index contributed by atoms with van der Waals surface area (Å²) in [5.74, 6) is -6.42. The van der Waals surface area contributed by atoms with E-state index >= 15 is 0 Å². The molecule has 0 aromatic rings. The molecule has 1 nitrogen and oxygen atoms in total. The van der Waals surface area contributed by atoms with Crippen LogP contribution in [-0.4, -0.2) is 30.7 Å². The van der Waals surface area contributed by atoms with Crippen LogP contribution in [0.4, 0.5) is 48.3 Å². The second kappa shape index (κ2) is 4.14. The topological polar surface area (TPSA) is 9.23 Å². The van der Waals surface area contributed by atoms with Crippen LogP contribution >= 0.6 is 0 Å². The number of alkyl halides is 11. The van der Waals surface area contributed by atoms with Gasteiger partial charge in [0.15, 0.2) is 0 Å². The van der Waals surface area contributed by atoms with Crippen molar-refractivity contribution < 1.29 is 53.0 Å². The Bertz CT molecular complexity index is 264. The number of rotatable bonds is 3. The van der Waals surface area contributed by atoms with Gasteiger partial charge >= 0.3 is 30.7 Å². The molecule has 0 aliphatic carbocycles. The first kappa shape index (κ1) is 16.2. The minimum atomic E-state index is -6.77. The summed E-state index contributed by atoms with van der Waals surface area (Å²) in [4.78, 5) is 0. The van der Waals surface area contributed by atoms with Gasteiger partial charge in [-0.15, -0.1) is 0 Å². The molecule has 0 fully saturated rings. The summed E-state index contributed by atoms with van der Waals surface area (Å²) in [5.41, 5.74) is 0. The zero-order chi connectivity index (χ0) is 14.3. The summed E-state index contributed by atoms with van der Waals surface area (Å²) in [6, 6.07) is 0. The average Bonchev–Trinajstić information content (AvgIpc) is 1.98. The second-order valence-electron chi connectivity index (χ2n) is 2.56. The third-order valence-electron chi connectivity index (χ3n) is 1.27. The van der Waals surface area contributed by atoms with Gasteiger partial charge in [-0.2, -0.15) is 39.5 Å². The van der Waals surface area contributed by atoms with E-state index in [1.165, 1.54) is 0 Å². The van der Waals surface area contributed by atoms with E-state index in [9.17, 15) is 48.3 Å². The average molecular weight is 286 g/mol. The Morgan fingerprint density at radius 1 is 0.647 bits per heavy atom. The molecule has 17 heavy (non-hydrogen) atoms. The summed E-state index contributed by atoms with van der Waals surface area (Å²) >= 11 is 0. The van der Waals surface area contributed by atoms with Gasteiger partial charge in [-0.05, 0) is 0 Å². The van der Waals surface area contributed by atoms with Crippen LogP contribution in [0.1, 0.15) is 0 Å². The Kier molecular flexibility index (Phi) is 3.94. The fourth-order valence-corrected chi connectivity index (χ4v) is 0.471. The zero-order valence-electron chi connectivity index (χ0n) is 7.14. The molecule has 0 radical (unpaired) electrons. The van der Waals surface area contributed by atoms with Crippen molar-refractivity contribution in [3.63, 3.8) is 0 Å². The van der Waals surface area contributed by atoms with Gasteiger partial charge in [0, 0.05) is 0 Å². The van der Waals surface area contributed by atoms with E-state index in [0.717, 1.165) is 0 Å². The molecule has 1 atom stereocenters. The maximum Gasteiger partial charge on any atom is 0.483 e. The number of hydrogen-bond donors (Lipinski definition) is 0. The van der Waals surface area contributed by atoms with Crippen molar-refractivity contribution in [1.29, 1.82) is 0 Å². The minimum Gasteiger partial charge on any atom is -0.263 e. The standard InChI is InChI=1S/C5HF11O/c6-1(7)2(8,3(9,10)11)17-5(15,16)4(12,13)14/h1H. The Hall–Kier alpha value is -0.810. The molecule has 0 heterocycles. The molecule has 0 amide bonds. The van der Waals surface area contributed by atoms with Crippen LogP contribution in [0.15, 0.2) is 0 Å². The highest BCUT2D eigenvalue weighted by atomic mass is 19.4. The van der Waals surface area contributed by atoms with Crippen LogP contribution < -0.4 is 0 Å². The van der Waals surface area contributed by atoms with Crippen LogP contribution in [0.3, 0.4) is 0 Å². The number of hydrogen-bond acceptors (Lipinski definition) is 1. The minimum absolute atomic E-state index is 1.62. The lowest BCUT2D eigenvalue weighted by molar-refractivity contribution is -0.486. The molecule has 1 unspecified atom stereocenters. The van der Waals surface area contributed by atoms with Crippen LogP contribution in [0.2, 0.25) is 0 Å². The normalized spacial score (nSPS) is 18.4. The smallest absolute Gasteiger partial charge is 0.263 e. The van der Waals surface area contributed by atoms with Gasteiger partial charge in [-0.1, -0.05) is 0 Å². The molecule has 0 spiro atoms. The lowest BCUT2D eigenvalue weighted by atomic mass is 10.3. The Morgan fingerprint density at radius 2 is 1.00 bits per heavy atom. The summed E-state index contributed by atoms with van der Waals surface area (Å²) in [7, 11) is 0. The van der Waals surface area contributed by atoms with Gasteiger partial charge in [-0.25, -0.2) is 8.78 Å². The van der Waals surface area contributed by atoms with Gasteiger partial charge in [0.1, 0.15) is 0 Å². The fraction of sp³-hybridized carbons (Fsp3) is 1.00. The molecule has 0 aromatic heterocycles. The van der Waals surface area contributed by atoms with Crippen LogP contribution in [0, 0.1) is 0 Å². The molecule has 0 saturated heterocycles. The summed E-state index contributed by atoms with van der Waals surface area (Å²) < 4.78 is 130. The third kappa shape index (κ3) is 3.10. The molecule has 104 valence electrons. The summed E-state index contributed by atoms with van der Waals surface area (Å²) in [6.07, 6.45) is -25.5. The van der Waals surface area contributed by atoms with E-state index in [-0.39, 0.29) is 0 Å². The van der Waals surface area contributed by atoms with Crippen molar-refractivity contribution in [3.05, 3.63) is 0 Å². The highest BCUT2D eigenvalue weighted by Gasteiger charge is 2.73. The van der Waals surface area contributed by atoms with Crippen molar-refractivity contribution in [1.82, 2.24) is 0 Å². The first-order valence-corrected chi connectivity index (χ1v) is 3.33. The van der Waals surface area contributed by atoms with Crippen LogP contribution in [-0.2, 0) is 4.74 Å². The highest BCUT2D eigenvalue weighted by molar-refractivity contribution is 4.83. The number of halogens is 11. The monoisotopic (exact) mass is 286 g/mol. The van der Waals surface area contributed by atoms with Crippen molar-refractivity contribution in [2.24, 2.45) is 0 Å². The first-order valence-electron chi connectivity index (χ1n) is 3.33. The molecule has 0 aromatic carbocycles. The maximum atomic E-state index is 12.4. The Labute approximate surface area is 85.1 Å². The lowest BCUT2D eigenvalue weighted by Crippen LogP contribution is -2.56. The lowest BCUT2D eigenvalue weighted by Gasteiger charge is -2.31. The number of ether oxygens (including phenoxy) is 1. The van der Waals surface area contributed by atoms with Gasteiger partial charge in [0.05, 0.1) is 0 Å². The van der Waals surface area contributed by atoms with Gasteiger partial charge in [0.2, 0.25) is 0 Å². The molecular formula is C5HF11O. The first-order chi connectivity index (χ1) is 7.15. The van der Waals surface area contributed by atoms with Gasteiger partial charge in [0.25, 0.3) is 0 Å². The molecular weight excluding hydrogens is 285 g/mol. The van der Waals surface area contributed by atoms with E-state index in [2.05, 4.69) is 0 Å². The van der Waals surface area contributed by atoms with Crippen LogP contribution in [0.25, 0.3) is 0 Å². The predicted octanol–water partition coefficient (Wildman–Crippen LogP) is 3.65. The van der Waals surface area contributed by atoms with E-state index in [1.807, 2.05) is 0 Å². The molecule has 12 heteroatoms. The van der Waals surface area contributed by atoms with Crippen LogP contribution in [0.5, 0.6) is 0 Å². The highest BCUT2D eigenvalue weighted by Crippen LogP contribution is 2.47. The fourth-order valence-electron chi connectivity index (χ4n) is 0.471. The largest absolute Gasteiger partial charge is 0.483 e. The Balaban J connectivity index is 5.32. The zero-order valence-corrected chi connectivity index (χ0v) is 7.14. The maximum absolute atomic E-state index is 12.4. The second-order valence-corrected chi connectivity index (χ2v) is 2.56. The Morgan fingerprint density at radius 3 is 1.18 bits per heavy atom. The van der Waals surface area contributed by atoms with E-state index in [1.54, 1.807) is 4.74 Å². The molecule has 0 bridgehead atoms. The van der Waals surface area contributed by atoms with Gasteiger partial charge in [-0.3, -0.25) is 4.74 Å². The summed E-state index contributed by atoms with van der Waals surface area (Å²) in [6.45, 7) is 0. The van der Waals surface area contributed by atoms with E-state index < -0.39 is 30.7 Å². The SMILES string of the molecule is FC(F)C(F)(OC(F)(F)C(F)(F)F)C(F)(F)F. The molecule has 0 saturated carbocycles.